The lowest BCUT2D eigenvalue weighted by Crippen LogP contribution is -2.28. The Kier molecular flexibility index (Phi) is 5.18. The second-order valence-electron chi connectivity index (χ2n) is 4.03. The molecule has 0 aliphatic heterocycles. The maximum atomic E-state index is 12.0. The molecule has 1 rings (SSSR count). The summed E-state index contributed by atoms with van der Waals surface area (Å²) in [6.07, 6.45) is -5.57. The highest BCUT2D eigenvalue weighted by Gasteiger charge is 2.26. The van der Waals surface area contributed by atoms with Gasteiger partial charge in [0.1, 0.15) is 10.6 Å². The van der Waals surface area contributed by atoms with Crippen molar-refractivity contribution in [3.63, 3.8) is 0 Å². The van der Waals surface area contributed by atoms with E-state index in [1.807, 2.05) is 5.32 Å². The highest BCUT2D eigenvalue weighted by Crippen LogP contribution is 2.24. The van der Waals surface area contributed by atoms with Crippen LogP contribution < -0.4 is 15.2 Å². The molecule has 0 saturated carbocycles. The largest absolute Gasteiger partial charge is 0.495 e. The van der Waals surface area contributed by atoms with Gasteiger partial charge in [0.2, 0.25) is 10.0 Å². The summed E-state index contributed by atoms with van der Waals surface area (Å²) in [5.74, 6) is -0.906. The molecule has 0 spiro atoms. The second kappa shape index (κ2) is 6.31. The summed E-state index contributed by atoms with van der Waals surface area (Å²) in [5.41, 5.74) is -0.137. The molecule has 0 unspecified atom stereocenters. The zero-order chi connectivity index (χ0) is 16.3. The number of benzene rings is 1. The summed E-state index contributed by atoms with van der Waals surface area (Å²) in [7, 11) is -2.91. The number of rotatable bonds is 5. The lowest BCUT2D eigenvalue weighted by atomic mass is 10.2. The van der Waals surface area contributed by atoms with Crippen molar-refractivity contribution in [1.29, 1.82) is 0 Å². The third-order valence-corrected chi connectivity index (χ3v) is 3.36. The van der Waals surface area contributed by atoms with Crippen molar-refractivity contribution in [2.45, 2.75) is 17.5 Å². The first-order valence-electron chi connectivity index (χ1n) is 5.60. The van der Waals surface area contributed by atoms with Crippen molar-refractivity contribution in [2.24, 2.45) is 5.14 Å². The average Bonchev–Trinajstić information content (AvgIpc) is 2.35. The number of nitrogens with one attached hydrogen (secondary N) is 1. The molecule has 1 amide bonds. The number of alkyl halides is 3. The number of methoxy groups -OCH3 is 1. The summed E-state index contributed by atoms with van der Waals surface area (Å²) >= 11 is 0. The minimum atomic E-state index is -4.39. The predicted octanol–water partition coefficient (Wildman–Crippen LogP) is 1.02. The van der Waals surface area contributed by atoms with E-state index >= 15 is 0 Å². The topological polar surface area (TPSA) is 98.5 Å². The highest BCUT2D eigenvalue weighted by molar-refractivity contribution is 7.89. The Bertz CT molecular complexity index is 629. The van der Waals surface area contributed by atoms with Gasteiger partial charge in [-0.05, 0) is 18.2 Å². The van der Waals surface area contributed by atoms with E-state index in [2.05, 4.69) is 0 Å². The molecule has 0 aliphatic carbocycles. The number of carbonyl (C=O) groups excluding carboxylic acids is 1. The van der Waals surface area contributed by atoms with Crippen LogP contribution in [0.3, 0.4) is 0 Å². The summed E-state index contributed by atoms with van der Waals surface area (Å²) in [5, 5.41) is 7.01. The lowest BCUT2D eigenvalue weighted by Gasteiger charge is -2.10. The average molecular weight is 326 g/mol. The second-order valence-corrected chi connectivity index (χ2v) is 5.56. The fraction of sp³-hybridized carbons (Fsp3) is 0.364. The van der Waals surface area contributed by atoms with Crippen LogP contribution in [0.1, 0.15) is 16.8 Å². The van der Waals surface area contributed by atoms with Gasteiger partial charge >= 0.3 is 6.18 Å². The molecule has 21 heavy (non-hydrogen) atoms. The third kappa shape index (κ3) is 5.23. The van der Waals surface area contributed by atoms with E-state index < -0.39 is 40.0 Å². The normalized spacial score (nSPS) is 12.0. The van der Waals surface area contributed by atoms with Gasteiger partial charge in [0, 0.05) is 12.1 Å². The minimum Gasteiger partial charge on any atom is -0.495 e. The van der Waals surface area contributed by atoms with E-state index in [0.717, 1.165) is 6.07 Å². The van der Waals surface area contributed by atoms with E-state index in [1.165, 1.54) is 19.2 Å². The SMILES string of the molecule is COc1ccc(C(=O)NCCC(F)(F)F)cc1S(N)(=O)=O. The monoisotopic (exact) mass is 326 g/mol. The molecule has 1 aromatic rings. The zero-order valence-corrected chi connectivity index (χ0v) is 11.7. The Morgan fingerprint density at radius 3 is 2.48 bits per heavy atom. The van der Waals surface area contributed by atoms with Crippen LogP contribution in [0.25, 0.3) is 0 Å². The fourth-order valence-electron chi connectivity index (χ4n) is 1.46. The minimum absolute atomic E-state index is 0.0654. The van der Waals surface area contributed by atoms with Crippen LogP contribution in [-0.2, 0) is 10.0 Å². The molecule has 1 aromatic carbocycles. The number of primary sulfonamides is 1. The molecule has 0 fully saturated rings. The number of ether oxygens (including phenoxy) is 1. The first-order valence-corrected chi connectivity index (χ1v) is 7.15. The molecule has 0 aromatic heterocycles. The number of carbonyl (C=O) groups is 1. The fourth-order valence-corrected chi connectivity index (χ4v) is 2.18. The molecular formula is C11H13F3N2O4S. The van der Waals surface area contributed by atoms with Gasteiger partial charge in [-0.25, -0.2) is 13.6 Å². The van der Waals surface area contributed by atoms with Crippen LogP contribution in [0.2, 0.25) is 0 Å². The summed E-state index contributed by atoms with van der Waals surface area (Å²) in [6, 6.07) is 3.35. The smallest absolute Gasteiger partial charge is 0.390 e. The maximum absolute atomic E-state index is 12.0. The molecule has 0 heterocycles. The van der Waals surface area contributed by atoms with Crippen LogP contribution in [0.15, 0.2) is 23.1 Å². The highest BCUT2D eigenvalue weighted by atomic mass is 32.2. The van der Waals surface area contributed by atoms with Crippen LogP contribution >= 0.6 is 0 Å². The molecule has 118 valence electrons. The van der Waals surface area contributed by atoms with Gasteiger partial charge in [-0.2, -0.15) is 13.2 Å². The molecule has 6 nitrogen and oxygen atoms in total. The van der Waals surface area contributed by atoms with Crippen molar-refractivity contribution < 1.29 is 31.1 Å². The lowest BCUT2D eigenvalue weighted by molar-refractivity contribution is -0.132. The maximum Gasteiger partial charge on any atom is 0.390 e. The van der Waals surface area contributed by atoms with Crippen LogP contribution in [0, 0.1) is 0 Å². The molecule has 0 atom stereocenters. The molecule has 0 saturated heterocycles. The zero-order valence-electron chi connectivity index (χ0n) is 10.9. The van der Waals surface area contributed by atoms with Gasteiger partial charge in [-0.3, -0.25) is 4.79 Å². The summed E-state index contributed by atoms with van der Waals surface area (Å²) in [6.45, 7) is -0.612. The Morgan fingerprint density at radius 1 is 1.38 bits per heavy atom. The Balaban J connectivity index is 2.92. The third-order valence-electron chi connectivity index (χ3n) is 2.43. The van der Waals surface area contributed by atoms with Crippen molar-refractivity contribution in [1.82, 2.24) is 5.32 Å². The number of sulfonamides is 1. The van der Waals surface area contributed by atoms with E-state index in [1.54, 1.807) is 0 Å². The van der Waals surface area contributed by atoms with Crippen molar-refractivity contribution in [3.05, 3.63) is 23.8 Å². The predicted molar refractivity (Wildman–Crippen MR) is 67.4 cm³/mol. The Labute approximate surface area is 119 Å². The number of halogens is 3. The van der Waals surface area contributed by atoms with Gasteiger partial charge < -0.3 is 10.1 Å². The van der Waals surface area contributed by atoms with Gasteiger partial charge in [0.25, 0.3) is 5.91 Å². The number of hydrogen-bond donors (Lipinski definition) is 2. The van der Waals surface area contributed by atoms with Gasteiger partial charge in [0.05, 0.1) is 13.5 Å². The van der Waals surface area contributed by atoms with Crippen molar-refractivity contribution in [3.8, 4) is 5.75 Å². The van der Waals surface area contributed by atoms with Gasteiger partial charge in [-0.1, -0.05) is 0 Å². The van der Waals surface area contributed by atoms with E-state index in [4.69, 9.17) is 9.88 Å². The number of nitrogens with two attached hydrogens (primary N) is 1. The van der Waals surface area contributed by atoms with Gasteiger partial charge in [-0.15, -0.1) is 0 Å². The molecular weight excluding hydrogens is 313 g/mol. The summed E-state index contributed by atoms with van der Waals surface area (Å²) < 4.78 is 63.4. The standard InChI is InChI=1S/C11H13F3N2O4S/c1-20-8-3-2-7(6-9(8)21(15,18)19)10(17)16-5-4-11(12,13)14/h2-3,6H,4-5H2,1H3,(H,16,17)(H2,15,18,19). The van der Waals surface area contributed by atoms with Crippen LogP contribution in [0.5, 0.6) is 5.75 Å². The molecule has 0 bridgehead atoms. The Morgan fingerprint density at radius 2 is 2.00 bits per heavy atom. The summed E-state index contributed by atoms with van der Waals surface area (Å²) in [4.78, 5) is 11.2. The van der Waals surface area contributed by atoms with Crippen LogP contribution in [-0.4, -0.2) is 34.2 Å². The molecule has 0 aliphatic rings. The van der Waals surface area contributed by atoms with Crippen molar-refractivity contribution in [2.75, 3.05) is 13.7 Å². The molecule has 10 heteroatoms. The molecule has 3 N–H and O–H groups in total. The molecule has 0 radical (unpaired) electrons. The van der Waals surface area contributed by atoms with E-state index in [-0.39, 0.29) is 11.3 Å². The number of hydrogen-bond acceptors (Lipinski definition) is 4. The van der Waals surface area contributed by atoms with Crippen molar-refractivity contribution >= 4 is 15.9 Å². The van der Waals surface area contributed by atoms with E-state index in [9.17, 15) is 26.4 Å². The van der Waals surface area contributed by atoms with Crippen LogP contribution in [0.4, 0.5) is 13.2 Å². The first kappa shape index (κ1) is 17.2. The Hall–Kier alpha value is -1.81. The van der Waals surface area contributed by atoms with E-state index in [0.29, 0.717) is 0 Å². The number of amides is 1. The van der Waals surface area contributed by atoms with Gasteiger partial charge in [0.15, 0.2) is 0 Å². The first-order chi connectivity index (χ1) is 9.54. The quantitative estimate of drug-likeness (QED) is 0.844.